The van der Waals surface area contributed by atoms with Gasteiger partial charge in [0.1, 0.15) is 6.07 Å². The van der Waals surface area contributed by atoms with E-state index < -0.39 is 0 Å². The minimum absolute atomic E-state index is 0.0858. The van der Waals surface area contributed by atoms with E-state index in [1.54, 1.807) is 18.2 Å². The fourth-order valence-corrected chi connectivity index (χ4v) is 2.02. The number of carbonyl (C=O) groups excluding carboxylic acids is 1. The summed E-state index contributed by atoms with van der Waals surface area (Å²) in [6.07, 6.45) is 0.244. The van der Waals surface area contributed by atoms with Crippen LogP contribution < -0.4 is 4.90 Å². The number of rotatable bonds is 1. The van der Waals surface area contributed by atoms with Crippen LogP contribution in [0.15, 0.2) is 18.2 Å². The Morgan fingerprint density at radius 2 is 2.18 bits per heavy atom. The van der Waals surface area contributed by atoms with Crippen molar-refractivity contribution in [2.45, 2.75) is 6.42 Å². The van der Waals surface area contributed by atoms with Gasteiger partial charge in [-0.25, -0.2) is 0 Å². The molecule has 0 bridgehead atoms. The fraction of sp³-hybridized carbons (Fsp3) is 0.250. The van der Waals surface area contributed by atoms with Gasteiger partial charge in [-0.05, 0) is 18.2 Å². The molecule has 1 saturated heterocycles. The molecule has 0 radical (unpaired) electrons. The molecule has 1 aliphatic heterocycles. The standard InChI is InChI=1S/C12H8ClN3O/c13-11-4-10(2-1-9(11)6-15)16-7-8(5-14)3-12(16)17/h1-2,4,8H,3,7H2. The van der Waals surface area contributed by atoms with Gasteiger partial charge in [-0.15, -0.1) is 0 Å². The Morgan fingerprint density at radius 3 is 2.71 bits per heavy atom. The van der Waals surface area contributed by atoms with Gasteiger partial charge in [0.05, 0.1) is 22.6 Å². The number of nitriles is 2. The third kappa shape index (κ3) is 2.08. The number of anilines is 1. The second-order valence-corrected chi connectivity index (χ2v) is 4.22. The van der Waals surface area contributed by atoms with Crippen LogP contribution in [0.3, 0.4) is 0 Å². The summed E-state index contributed by atoms with van der Waals surface area (Å²) in [5.74, 6) is -0.353. The van der Waals surface area contributed by atoms with Crippen molar-refractivity contribution in [2.75, 3.05) is 11.4 Å². The van der Waals surface area contributed by atoms with E-state index in [2.05, 4.69) is 6.07 Å². The maximum Gasteiger partial charge on any atom is 0.228 e. The molecule has 17 heavy (non-hydrogen) atoms. The molecule has 1 fully saturated rings. The van der Waals surface area contributed by atoms with Gasteiger partial charge in [0, 0.05) is 18.7 Å². The zero-order valence-corrected chi connectivity index (χ0v) is 9.61. The molecule has 0 saturated carbocycles. The van der Waals surface area contributed by atoms with Crippen LogP contribution in [-0.4, -0.2) is 12.5 Å². The van der Waals surface area contributed by atoms with Gasteiger partial charge in [0.2, 0.25) is 5.91 Å². The predicted octanol–water partition coefficient (Wildman–Crippen LogP) is 2.09. The number of hydrogen-bond acceptors (Lipinski definition) is 3. The topological polar surface area (TPSA) is 67.9 Å². The molecule has 1 heterocycles. The van der Waals surface area contributed by atoms with Gasteiger partial charge in [-0.2, -0.15) is 10.5 Å². The molecule has 0 N–H and O–H groups in total. The smallest absolute Gasteiger partial charge is 0.228 e. The van der Waals surface area contributed by atoms with E-state index in [9.17, 15) is 4.79 Å². The van der Waals surface area contributed by atoms with Crippen LogP contribution in [0.4, 0.5) is 5.69 Å². The van der Waals surface area contributed by atoms with Crippen LogP contribution in [0.2, 0.25) is 5.02 Å². The maximum atomic E-state index is 11.7. The average molecular weight is 246 g/mol. The van der Waals surface area contributed by atoms with E-state index in [1.807, 2.05) is 6.07 Å². The summed E-state index contributed by atoms with van der Waals surface area (Å²) < 4.78 is 0. The zero-order valence-electron chi connectivity index (χ0n) is 8.85. The maximum absolute atomic E-state index is 11.7. The molecule has 1 aromatic rings. The van der Waals surface area contributed by atoms with E-state index in [1.165, 1.54) is 4.90 Å². The highest BCUT2D eigenvalue weighted by Gasteiger charge is 2.30. The van der Waals surface area contributed by atoms with Gasteiger partial charge in [0.25, 0.3) is 0 Å². The summed E-state index contributed by atoms with van der Waals surface area (Å²) in [6, 6.07) is 8.86. The lowest BCUT2D eigenvalue weighted by atomic mass is 10.1. The molecular weight excluding hydrogens is 238 g/mol. The van der Waals surface area contributed by atoms with Gasteiger partial charge in [0.15, 0.2) is 0 Å². The minimum Gasteiger partial charge on any atom is -0.311 e. The Balaban J connectivity index is 2.31. The van der Waals surface area contributed by atoms with Gasteiger partial charge in [-0.3, -0.25) is 4.79 Å². The second kappa shape index (κ2) is 4.45. The third-order valence-corrected chi connectivity index (χ3v) is 3.01. The molecule has 1 unspecified atom stereocenters. The van der Waals surface area contributed by atoms with Crippen LogP contribution in [0, 0.1) is 28.6 Å². The van der Waals surface area contributed by atoms with Crippen molar-refractivity contribution in [1.82, 2.24) is 0 Å². The Hall–Kier alpha value is -2.04. The molecule has 2 rings (SSSR count). The van der Waals surface area contributed by atoms with Crippen molar-refractivity contribution in [1.29, 1.82) is 10.5 Å². The van der Waals surface area contributed by atoms with E-state index in [0.29, 0.717) is 22.8 Å². The van der Waals surface area contributed by atoms with Crippen LogP contribution in [0.1, 0.15) is 12.0 Å². The van der Waals surface area contributed by atoms with Gasteiger partial charge < -0.3 is 4.90 Å². The summed E-state index contributed by atoms with van der Waals surface area (Å²) in [5.41, 5.74) is 1.01. The monoisotopic (exact) mass is 245 g/mol. The number of halogens is 1. The molecule has 1 atom stereocenters. The largest absolute Gasteiger partial charge is 0.311 e. The Kier molecular flexibility index (Phi) is 2.99. The highest BCUT2D eigenvalue weighted by molar-refractivity contribution is 6.32. The van der Waals surface area contributed by atoms with Crippen LogP contribution in [0.25, 0.3) is 0 Å². The molecule has 4 nitrogen and oxygen atoms in total. The first-order valence-corrected chi connectivity index (χ1v) is 5.43. The fourth-order valence-electron chi connectivity index (χ4n) is 1.81. The first kappa shape index (κ1) is 11.4. The number of amides is 1. The molecule has 84 valence electrons. The molecule has 1 aliphatic rings. The number of benzene rings is 1. The Labute approximate surface area is 104 Å². The van der Waals surface area contributed by atoms with E-state index >= 15 is 0 Å². The summed E-state index contributed by atoms with van der Waals surface area (Å²) in [6.45, 7) is 0.386. The molecular formula is C12H8ClN3O. The normalized spacial score (nSPS) is 18.9. The van der Waals surface area contributed by atoms with Crippen molar-refractivity contribution < 1.29 is 4.79 Å². The van der Waals surface area contributed by atoms with Crippen molar-refractivity contribution >= 4 is 23.2 Å². The SMILES string of the molecule is N#Cc1ccc(N2CC(C#N)CC2=O)cc1Cl. The van der Waals surface area contributed by atoms with Gasteiger partial charge >= 0.3 is 0 Å². The summed E-state index contributed by atoms with van der Waals surface area (Å²) in [4.78, 5) is 13.2. The molecule has 0 aliphatic carbocycles. The van der Waals surface area contributed by atoms with Crippen molar-refractivity contribution in [3.05, 3.63) is 28.8 Å². The number of hydrogen-bond donors (Lipinski definition) is 0. The zero-order chi connectivity index (χ0) is 12.4. The highest BCUT2D eigenvalue weighted by atomic mass is 35.5. The third-order valence-electron chi connectivity index (χ3n) is 2.69. The quantitative estimate of drug-likeness (QED) is 0.761. The number of nitrogens with zero attached hydrogens (tertiary/aromatic N) is 3. The lowest BCUT2D eigenvalue weighted by Gasteiger charge is -2.16. The Bertz CT molecular complexity index is 556. The van der Waals surface area contributed by atoms with Crippen LogP contribution in [0.5, 0.6) is 0 Å². The van der Waals surface area contributed by atoms with E-state index in [0.717, 1.165) is 0 Å². The predicted molar refractivity (Wildman–Crippen MR) is 62.2 cm³/mol. The first-order chi connectivity index (χ1) is 8.15. The summed E-state index contributed by atoms with van der Waals surface area (Å²) in [7, 11) is 0. The minimum atomic E-state index is -0.267. The van der Waals surface area contributed by atoms with Crippen molar-refractivity contribution in [2.24, 2.45) is 5.92 Å². The summed E-state index contributed by atoms with van der Waals surface area (Å²) >= 11 is 5.90. The molecule has 0 aromatic heterocycles. The highest BCUT2D eigenvalue weighted by Crippen LogP contribution is 2.28. The van der Waals surface area contributed by atoms with Crippen molar-refractivity contribution in [3.8, 4) is 12.1 Å². The van der Waals surface area contributed by atoms with Crippen molar-refractivity contribution in [3.63, 3.8) is 0 Å². The van der Waals surface area contributed by atoms with Crippen LogP contribution in [-0.2, 0) is 4.79 Å². The first-order valence-electron chi connectivity index (χ1n) is 5.05. The van der Waals surface area contributed by atoms with E-state index in [4.69, 9.17) is 22.1 Å². The molecule has 0 spiro atoms. The lowest BCUT2D eigenvalue weighted by molar-refractivity contribution is -0.117. The molecule has 1 aromatic carbocycles. The molecule has 5 heteroatoms. The second-order valence-electron chi connectivity index (χ2n) is 3.81. The summed E-state index contributed by atoms with van der Waals surface area (Å²) in [5, 5.41) is 17.9. The average Bonchev–Trinajstić information content (AvgIpc) is 2.70. The number of carbonyl (C=O) groups is 1. The Morgan fingerprint density at radius 1 is 1.41 bits per heavy atom. The molecule has 1 amide bonds. The van der Waals surface area contributed by atoms with Crippen LogP contribution >= 0.6 is 11.6 Å². The van der Waals surface area contributed by atoms with E-state index in [-0.39, 0.29) is 18.2 Å². The lowest BCUT2D eigenvalue weighted by Crippen LogP contribution is -2.24. The van der Waals surface area contributed by atoms with Gasteiger partial charge in [-0.1, -0.05) is 11.6 Å².